The molecule has 0 fully saturated rings. The molecule has 0 radical (unpaired) electrons. The van der Waals surface area contributed by atoms with E-state index < -0.39 is 10.1 Å². The number of hydrogen-bond acceptors (Lipinski definition) is 4. The molecule has 0 unspecified atom stereocenters. The molecule has 0 bridgehead atoms. The fraction of sp³-hybridized carbons (Fsp3) is 0.136. The Morgan fingerprint density at radius 2 is 1.52 bits per heavy atom. The predicted molar refractivity (Wildman–Crippen MR) is 116 cm³/mol. The van der Waals surface area contributed by atoms with Crippen LogP contribution >= 0.6 is 15.9 Å². The fourth-order valence-electron chi connectivity index (χ4n) is 2.85. The van der Waals surface area contributed by atoms with Crippen molar-refractivity contribution in [2.24, 2.45) is 0 Å². The standard InChI is InChI=1S/C22H20BrNO4S/c1-29(26,27)28-21-12-10-18(11-13-21)16-24(15-17-6-3-2-4-7-17)22(25)19-8-5-9-20(23)14-19/h2-14H,15-16H2,1H3. The lowest BCUT2D eigenvalue weighted by Gasteiger charge is -2.23. The van der Waals surface area contributed by atoms with Crippen molar-refractivity contribution < 1.29 is 17.4 Å². The van der Waals surface area contributed by atoms with E-state index in [0.717, 1.165) is 21.9 Å². The van der Waals surface area contributed by atoms with Crippen molar-refractivity contribution in [3.63, 3.8) is 0 Å². The molecule has 0 aliphatic carbocycles. The van der Waals surface area contributed by atoms with E-state index in [-0.39, 0.29) is 11.7 Å². The van der Waals surface area contributed by atoms with Gasteiger partial charge in [-0.05, 0) is 41.5 Å². The van der Waals surface area contributed by atoms with Gasteiger partial charge in [0.2, 0.25) is 0 Å². The molecular weight excluding hydrogens is 454 g/mol. The summed E-state index contributed by atoms with van der Waals surface area (Å²) in [6, 6.07) is 23.7. The SMILES string of the molecule is CS(=O)(=O)Oc1ccc(CN(Cc2ccccc2)C(=O)c2cccc(Br)c2)cc1. The molecule has 3 aromatic rings. The molecule has 0 heterocycles. The van der Waals surface area contributed by atoms with E-state index in [2.05, 4.69) is 15.9 Å². The summed E-state index contributed by atoms with van der Waals surface area (Å²) in [4.78, 5) is 14.9. The maximum atomic E-state index is 13.2. The van der Waals surface area contributed by atoms with Crippen LogP contribution < -0.4 is 4.18 Å². The van der Waals surface area contributed by atoms with Gasteiger partial charge in [-0.2, -0.15) is 8.42 Å². The molecule has 0 aliphatic rings. The molecule has 0 aliphatic heterocycles. The van der Waals surface area contributed by atoms with Crippen molar-refractivity contribution in [2.75, 3.05) is 6.26 Å². The minimum atomic E-state index is -3.58. The van der Waals surface area contributed by atoms with E-state index in [1.807, 2.05) is 42.5 Å². The van der Waals surface area contributed by atoms with Crippen LogP contribution in [0.2, 0.25) is 0 Å². The third-order valence-electron chi connectivity index (χ3n) is 4.12. The van der Waals surface area contributed by atoms with Crippen molar-refractivity contribution in [2.45, 2.75) is 13.1 Å². The van der Waals surface area contributed by atoms with Gasteiger partial charge in [-0.25, -0.2) is 0 Å². The molecule has 5 nitrogen and oxygen atoms in total. The van der Waals surface area contributed by atoms with Gasteiger partial charge in [-0.15, -0.1) is 0 Å². The van der Waals surface area contributed by atoms with E-state index in [1.54, 1.807) is 41.3 Å². The van der Waals surface area contributed by atoms with Crippen LogP contribution in [0.4, 0.5) is 0 Å². The average Bonchev–Trinajstić information content (AvgIpc) is 2.68. The Bertz CT molecular complexity index is 1080. The van der Waals surface area contributed by atoms with Crippen LogP contribution in [-0.4, -0.2) is 25.5 Å². The zero-order valence-corrected chi connectivity index (χ0v) is 18.2. The van der Waals surface area contributed by atoms with Crippen molar-refractivity contribution in [3.8, 4) is 5.75 Å². The van der Waals surface area contributed by atoms with Gasteiger partial charge in [0.25, 0.3) is 5.91 Å². The first-order valence-corrected chi connectivity index (χ1v) is 11.5. The molecule has 0 saturated heterocycles. The van der Waals surface area contributed by atoms with E-state index in [9.17, 15) is 13.2 Å². The van der Waals surface area contributed by atoms with Crippen molar-refractivity contribution in [3.05, 3.63) is 100 Å². The van der Waals surface area contributed by atoms with Crippen molar-refractivity contribution in [1.82, 2.24) is 4.90 Å². The Morgan fingerprint density at radius 1 is 0.897 bits per heavy atom. The van der Waals surface area contributed by atoms with Gasteiger partial charge >= 0.3 is 10.1 Å². The van der Waals surface area contributed by atoms with Gasteiger partial charge in [-0.1, -0.05) is 64.5 Å². The van der Waals surface area contributed by atoms with E-state index in [1.165, 1.54) is 0 Å². The first-order chi connectivity index (χ1) is 13.8. The van der Waals surface area contributed by atoms with Gasteiger partial charge in [0.05, 0.1) is 6.26 Å². The van der Waals surface area contributed by atoms with Crippen LogP contribution in [0.3, 0.4) is 0 Å². The molecule has 29 heavy (non-hydrogen) atoms. The third kappa shape index (κ3) is 6.44. The highest BCUT2D eigenvalue weighted by molar-refractivity contribution is 9.10. The summed E-state index contributed by atoms with van der Waals surface area (Å²) < 4.78 is 28.2. The smallest absolute Gasteiger partial charge is 0.306 e. The van der Waals surface area contributed by atoms with Gasteiger partial charge < -0.3 is 9.08 Å². The summed E-state index contributed by atoms with van der Waals surface area (Å²) in [5.74, 6) is 0.149. The largest absolute Gasteiger partial charge is 0.383 e. The molecule has 0 atom stereocenters. The fourth-order valence-corrected chi connectivity index (χ4v) is 3.71. The summed E-state index contributed by atoms with van der Waals surface area (Å²) in [7, 11) is -3.58. The number of halogens is 1. The zero-order valence-electron chi connectivity index (χ0n) is 15.8. The molecule has 7 heteroatoms. The second-order valence-corrected chi connectivity index (χ2v) is 9.08. The number of rotatable bonds is 7. The molecular formula is C22H20BrNO4S. The number of benzene rings is 3. The Balaban J connectivity index is 1.84. The summed E-state index contributed by atoms with van der Waals surface area (Å²) in [5, 5.41) is 0. The number of amides is 1. The maximum Gasteiger partial charge on any atom is 0.306 e. The molecule has 150 valence electrons. The highest BCUT2D eigenvalue weighted by Gasteiger charge is 2.17. The van der Waals surface area contributed by atoms with Crippen LogP contribution in [0.15, 0.2) is 83.3 Å². The van der Waals surface area contributed by atoms with Gasteiger partial charge in [0, 0.05) is 23.1 Å². The normalized spacial score (nSPS) is 11.1. The number of carbonyl (C=O) groups is 1. The van der Waals surface area contributed by atoms with E-state index in [4.69, 9.17) is 4.18 Å². The molecule has 1 amide bonds. The Kier molecular flexibility index (Phi) is 6.71. The quantitative estimate of drug-likeness (QED) is 0.469. The maximum absolute atomic E-state index is 13.2. The Hall–Kier alpha value is -2.64. The van der Waals surface area contributed by atoms with Gasteiger partial charge in [0.15, 0.2) is 0 Å². The molecule has 0 saturated carbocycles. The molecule has 3 aromatic carbocycles. The lowest BCUT2D eigenvalue weighted by molar-refractivity contribution is 0.0730. The summed E-state index contributed by atoms with van der Waals surface area (Å²) in [5.41, 5.74) is 2.48. The lowest BCUT2D eigenvalue weighted by atomic mass is 10.1. The third-order valence-corrected chi connectivity index (χ3v) is 5.11. The first-order valence-electron chi connectivity index (χ1n) is 8.87. The highest BCUT2D eigenvalue weighted by Crippen LogP contribution is 2.19. The van der Waals surface area contributed by atoms with Crippen LogP contribution in [0.25, 0.3) is 0 Å². The van der Waals surface area contributed by atoms with E-state index in [0.29, 0.717) is 18.7 Å². The molecule has 0 spiro atoms. The van der Waals surface area contributed by atoms with E-state index >= 15 is 0 Å². The van der Waals surface area contributed by atoms with Crippen LogP contribution in [0.1, 0.15) is 21.5 Å². The first kappa shape index (κ1) is 21.1. The summed E-state index contributed by atoms with van der Waals surface area (Å²) in [6.45, 7) is 0.827. The highest BCUT2D eigenvalue weighted by atomic mass is 79.9. The topological polar surface area (TPSA) is 63.7 Å². The average molecular weight is 474 g/mol. The summed E-state index contributed by atoms with van der Waals surface area (Å²) >= 11 is 3.41. The molecule has 0 aromatic heterocycles. The Labute approximate surface area is 179 Å². The minimum Gasteiger partial charge on any atom is -0.383 e. The van der Waals surface area contributed by atoms with Gasteiger partial charge in [-0.3, -0.25) is 4.79 Å². The monoisotopic (exact) mass is 473 g/mol. The lowest BCUT2D eigenvalue weighted by Crippen LogP contribution is -2.30. The van der Waals surface area contributed by atoms with Crippen LogP contribution in [-0.2, 0) is 23.2 Å². The minimum absolute atomic E-state index is 0.0911. The van der Waals surface area contributed by atoms with Gasteiger partial charge in [0.1, 0.15) is 5.75 Å². The molecule has 0 N–H and O–H groups in total. The van der Waals surface area contributed by atoms with Crippen LogP contribution in [0, 0.1) is 0 Å². The summed E-state index contributed by atoms with van der Waals surface area (Å²) in [6.07, 6.45) is 0.999. The molecule has 3 rings (SSSR count). The number of hydrogen-bond donors (Lipinski definition) is 0. The van der Waals surface area contributed by atoms with Crippen molar-refractivity contribution >= 4 is 32.0 Å². The number of carbonyl (C=O) groups excluding carboxylic acids is 1. The predicted octanol–water partition coefficient (Wildman–Crippen LogP) is 4.63. The second-order valence-electron chi connectivity index (χ2n) is 6.59. The van der Waals surface area contributed by atoms with Crippen LogP contribution in [0.5, 0.6) is 5.75 Å². The van der Waals surface area contributed by atoms with Crippen molar-refractivity contribution in [1.29, 1.82) is 0 Å². The second kappa shape index (κ2) is 9.24. The Morgan fingerprint density at radius 3 is 2.10 bits per heavy atom. The zero-order chi connectivity index (χ0) is 20.9. The number of nitrogens with zero attached hydrogens (tertiary/aromatic N) is 1.